The van der Waals surface area contributed by atoms with E-state index in [1.807, 2.05) is 52.4 Å². The summed E-state index contributed by atoms with van der Waals surface area (Å²) < 4.78 is 27.7. The minimum absolute atomic E-state index is 0.0834. The molecule has 1 N–H and O–H groups in total. The van der Waals surface area contributed by atoms with E-state index < -0.39 is 10.0 Å². The topological polar surface area (TPSA) is 97.2 Å². The van der Waals surface area contributed by atoms with Gasteiger partial charge in [0.15, 0.2) is 11.0 Å². The van der Waals surface area contributed by atoms with E-state index >= 15 is 0 Å². The Hall–Kier alpha value is -2.99. The lowest BCUT2D eigenvalue weighted by Crippen LogP contribution is -2.22. The summed E-state index contributed by atoms with van der Waals surface area (Å²) in [7, 11) is -0.664. The Kier molecular flexibility index (Phi) is 6.94. The monoisotopic (exact) mass is 499 g/mol. The molecule has 0 atom stereocenters. The van der Waals surface area contributed by atoms with Crippen molar-refractivity contribution in [3.05, 3.63) is 72.1 Å². The van der Waals surface area contributed by atoms with Crippen LogP contribution in [0.4, 0.5) is 5.69 Å². The van der Waals surface area contributed by atoms with E-state index in [0.717, 1.165) is 14.9 Å². The number of nitrogens with zero attached hydrogens (tertiary/aromatic N) is 4. The number of benzene rings is 2. The highest BCUT2D eigenvalue weighted by Gasteiger charge is 2.19. The van der Waals surface area contributed by atoms with Gasteiger partial charge in [0.05, 0.1) is 15.5 Å². The smallest absolute Gasteiger partial charge is 0.242 e. The van der Waals surface area contributed by atoms with Crippen LogP contribution in [0.25, 0.3) is 16.4 Å². The first kappa shape index (κ1) is 23.2. The number of nitrogens with one attached hydrogen (secondary N) is 1. The number of thiophene rings is 1. The summed E-state index contributed by atoms with van der Waals surface area (Å²) in [5.74, 6) is 0.514. The Morgan fingerprint density at radius 3 is 2.55 bits per heavy atom. The third-order valence-corrected chi connectivity index (χ3v) is 8.22. The van der Waals surface area contributed by atoms with Crippen molar-refractivity contribution in [2.45, 2.75) is 10.1 Å². The standard InChI is InChI=1S/C22H21N5O3S3/c1-26(2)33(29,30)18-11-6-8-16(14-18)23-20(28)15-32-22-25-24-21(19-12-7-13-31-19)27(22)17-9-4-3-5-10-17/h3-14H,15H2,1-2H3,(H,23,28). The van der Waals surface area contributed by atoms with E-state index in [-0.39, 0.29) is 16.6 Å². The molecule has 0 saturated carbocycles. The Balaban J connectivity index is 1.52. The van der Waals surface area contributed by atoms with Gasteiger partial charge in [-0.05, 0) is 41.8 Å². The Morgan fingerprint density at radius 2 is 1.85 bits per heavy atom. The lowest BCUT2D eigenvalue weighted by atomic mass is 10.3. The van der Waals surface area contributed by atoms with Crippen LogP contribution >= 0.6 is 23.1 Å². The van der Waals surface area contributed by atoms with Gasteiger partial charge in [0.1, 0.15) is 0 Å². The molecule has 2 aromatic heterocycles. The van der Waals surface area contributed by atoms with Gasteiger partial charge in [0.2, 0.25) is 15.9 Å². The van der Waals surface area contributed by atoms with Crippen molar-refractivity contribution >= 4 is 44.7 Å². The average molecular weight is 500 g/mol. The zero-order valence-electron chi connectivity index (χ0n) is 17.9. The van der Waals surface area contributed by atoms with Crippen molar-refractivity contribution in [1.82, 2.24) is 19.1 Å². The van der Waals surface area contributed by atoms with Crippen molar-refractivity contribution in [3.63, 3.8) is 0 Å². The number of rotatable bonds is 8. The molecule has 0 aliphatic rings. The van der Waals surface area contributed by atoms with E-state index in [1.165, 1.54) is 38.0 Å². The minimum atomic E-state index is -3.59. The molecule has 0 unspecified atom stereocenters. The maximum absolute atomic E-state index is 12.6. The molecular formula is C22H21N5O3S3. The van der Waals surface area contributed by atoms with Gasteiger partial charge < -0.3 is 5.32 Å². The van der Waals surface area contributed by atoms with Gasteiger partial charge in [0, 0.05) is 25.5 Å². The number of carbonyl (C=O) groups excluding carboxylic acids is 1. The van der Waals surface area contributed by atoms with Gasteiger partial charge in [-0.1, -0.05) is 42.1 Å². The van der Waals surface area contributed by atoms with Crippen LogP contribution in [0.1, 0.15) is 0 Å². The molecule has 4 aromatic rings. The third-order valence-electron chi connectivity index (χ3n) is 4.62. The number of hydrogen-bond acceptors (Lipinski definition) is 7. The summed E-state index contributed by atoms with van der Waals surface area (Å²) in [5, 5.41) is 14.0. The highest BCUT2D eigenvalue weighted by molar-refractivity contribution is 7.99. The maximum atomic E-state index is 12.6. The molecular weight excluding hydrogens is 478 g/mol. The number of thioether (sulfide) groups is 1. The van der Waals surface area contributed by atoms with E-state index in [0.29, 0.717) is 16.7 Å². The predicted molar refractivity (Wildman–Crippen MR) is 131 cm³/mol. The van der Waals surface area contributed by atoms with Gasteiger partial charge in [-0.2, -0.15) is 0 Å². The van der Waals surface area contributed by atoms with E-state index in [2.05, 4.69) is 15.5 Å². The van der Waals surface area contributed by atoms with Crippen LogP contribution in [0.2, 0.25) is 0 Å². The summed E-state index contributed by atoms with van der Waals surface area (Å²) in [6, 6.07) is 19.8. The first-order chi connectivity index (χ1) is 15.9. The van der Waals surface area contributed by atoms with Crippen LogP contribution in [0.3, 0.4) is 0 Å². The minimum Gasteiger partial charge on any atom is -0.325 e. The number of hydrogen-bond donors (Lipinski definition) is 1. The molecule has 170 valence electrons. The molecule has 0 radical (unpaired) electrons. The van der Waals surface area contributed by atoms with Crippen LogP contribution in [0.5, 0.6) is 0 Å². The van der Waals surface area contributed by atoms with E-state index in [1.54, 1.807) is 23.5 Å². The van der Waals surface area contributed by atoms with Crippen molar-refractivity contribution in [2.24, 2.45) is 0 Å². The number of anilines is 1. The molecule has 0 bridgehead atoms. The number of amides is 1. The number of carbonyl (C=O) groups is 1. The molecule has 0 fully saturated rings. The molecule has 11 heteroatoms. The summed E-state index contributed by atoms with van der Waals surface area (Å²) in [6.45, 7) is 0. The third kappa shape index (κ3) is 5.17. The quantitative estimate of drug-likeness (QED) is 0.369. The van der Waals surface area contributed by atoms with Crippen LogP contribution in [0, 0.1) is 0 Å². The Labute approximate surface area is 200 Å². The van der Waals surface area contributed by atoms with E-state index in [4.69, 9.17) is 0 Å². The van der Waals surface area contributed by atoms with Crippen molar-refractivity contribution in [2.75, 3.05) is 25.2 Å². The lowest BCUT2D eigenvalue weighted by molar-refractivity contribution is -0.113. The van der Waals surface area contributed by atoms with Crippen LogP contribution < -0.4 is 5.32 Å². The van der Waals surface area contributed by atoms with Crippen LogP contribution in [0.15, 0.2) is 82.2 Å². The first-order valence-electron chi connectivity index (χ1n) is 9.86. The Morgan fingerprint density at radius 1 is 1.06 bits per heavy atom. The first-order valence-corrected chi connectivity index (χ1v) is 13.2. The second-order valence-electron chi connectivity index (χ2n) is 7.11. The van der Waals surface area contributed by atoms with Gasteiger partial charge >= 0.3 is 0 Å². The highest BCUT2D eigenvalue weighted by atomic mass is 32.2. The van der Waals surface area contributed by atoms with Gasteiger partial charge in [0.25, 0.3) is 0 Å². The van der Waals surface area contributed by atoms with Crippen molar-refractivity contribution < 1.29 is 13.2 Å². The number of aromatic nitrogens is 3. The molecule has 33 heavy (non-hydrogen) atoms. The summed E-state index contributed by atoms with van der Waals surface area (Å²) in [5.41, 5.74) is 1.31. The number of para-hydroxylation sites is 1. The average Bonchev–Trinajstić information content (AvgIpc) is 3.48. The second-order valence-corrected chi connectivity index (χ2v) is 11.1. The molecule has 2 aromatic carbocycles. The molecule has 8 nitrogen and oxygen atoms in total. The molecule has 4 rings (SSSR count). The van der Waals surface area contributed by atoms with Crippen LogP contribution in [-0.4, -0.2) is 53.2 Å². The second kappa shape index (κ2) is 9.87. The molecule has 0 spiro atoms. The fourth-order valence-electron chi connectivity index (χ4n) is 3.01. The van der Waals surface area contributed by atoms with E-state index in [9.17, 15) is 13.2 Å². The SMILES string of the molecule is CN(C)S(=O)(=O)c1cccc(NC(=O)CSc2nnc(-c3cccs3)n2-c2ccccc2)c1. The lowest BCUT2D eigenvalue weighted by Gasteiger charge is -2.13. The molecule has 1 amide bonds. The molecule has 0 aliphatic carbocycles. The molecule has 0 aliphatic heterocycles. The molecule has 0 saturated heterocycles. The normalized spacial score (nSPS) is 11.6. The van der Waals surface area contributed by atoms with Gasteiger partial charge in [-0.3, -0.25) is 9.36 Å². The number of sulfonamides is 1. The van der Waals surface area contributed by atoms with Gasteiger partial charge in [-0.25, -0.2) is 12.7 Å². The fraction of sp³-hybridized carbons (Fsp3) is 0.136. The summed E-state index contributed by atoms with van der Waals surface area (Å²) >= 11 is 2.82. The molecule has 2 heterocycles. The van der Waals surface area contributed by atoms with Crippen LogP contribution in [-0.2, 0) is 14.8 Å². The van der Waals surface area contributed by atoms with Crippen molar-refractivity contribution in [1.29, 1.82) is 0 Å². The van der Waals surface area contributed by atoms with Gasteiger partial charge in [-0.15, -0.1) is 21.5 Å². The predicted octanol–water partition coefficient (Wildman–Crippen LogP) is 3.98. The zero-order chi connectivity index (χ0) is 23.4. The summed E-state index contributed by atoms with van der Waals surface area (Å²) in [6.07, 6.45) is 0. The van der Waals surface area contributed by atoms with Crippen molar-refractivity contribution in [3.8, 4) is 16.4 Å². The maximum Gasteiger partial charge on any atom is 0.242 e. The fourth-order valence-corrected chi connectivity index (χ4v) is 5.41. The Bertz CT molecular complexity index is 1350. The summed E-state index contributed by atoms with van der Waals surface area (Å²) in [4.78, 5) is 13.7. The largest absolute Gasteiger partial charge is 0.325 e. The zero-order valence-corrected chi connectivity index (χ0v) is 20.3. The highest BCUT2D eigenvalue weighted by Crippen LogP contribution is 2.30.